The summed E-state index contributed by atoms with van der Waals surface area (Å²) in [6.45, 7) is 5.53. The summed E-state index contributed by atoms with van der Waals surface area (Å²) in [5, 5.41) is 6.95. The fourth-order valence-corrected chi connectivity index (χ4v) is 3.77. The van der Waals surface area contributed by atoms with Crippen LogP contribution in [0.3, 0.4) is 0 Å². The summed E-state index contributed by atoms with van der Waals surface area (Å²) in [6, 6.07) is 8.28. The molecule has 1 saturated carbocycles. The number of fused-ring (bicyclic) bond motifs is 1. The minimum absolute atomic E-state index is 0.380. The summed E-state index contributed by atoms with van der Waals surface area (Å²) in [5.74, 6) is 1.92. The summed E-state index contributed by atoms with van der Waals surface area (Å²) in [6.07, 6.45) is 5.00. The van der Waals surface area contributed by atoms with E-state index in [9.17, 15) is 0 Å². The molecule has 1 fully saturated rings. The Hall–Kier alpha value is -2.08. The second-order valence-corrected chi connectivity index (χ2v) is 7.25. The van der Waals surface area contributed by atoms with Crippen LogP contribution in [0.25, 0.3) is 11.0 Å². The monoisotopic (exact) mass is 357 g/mol. The van der Waals surface area contributed by atoms with Crippen LogP contribution in [0.1, 0.15) is 31.5 Å². The van der Waals surface area contributed by atoms with E-state index in [-0.39, 0.29) is 0 Å². The first-order valence-corrected chi connectivity index (χ1v) is 9.53. The Morgan fingerprint density at radius 3 is 2.81 bits per heavy atom. The molecule has 2 N–H and O–H groups in total. The van der Waals surface area contributed by atoms with Crippen molar-refractivity contribution in [2.75, 3.05) is 33.9 Å². The summed E-state index contributed by atoms with van der Waals surface area (Å²) < 4.78 is 7.53. The number of benzene rings is 1. The second-order valence-electron chi connectivity index (χ2n) is 7.25. The van der Waals surface area contributed by atoms with Crippen LogP contribution in [0.5, 0.6) is 0 Å². The molecular weight excluding hydrogens is 326 g/mol. The van der Waals surface area contributed by atoms with Crippen molar-refractivity contribution >= 4 is 17.0 Å². The van der Waals surface area contributed by atoms with Crippen LogP contribution in [-0.4, -0.2) is 49.4 Å². The first-order chi connectivity index (χ1) is 12.7. The third kappa shape index (κ3) is 4.18. The van der Waals surface area contributed by atoms with E-state index >= 15 is 0 Å². The Morgan fingerprint density at radius 2 is 2.12 bits per heavy atom. The SMILES string of the molecule is CN=C(NCCn1c(C)nc2ccccc21)NCC1(CCOC)CCC1. The van der Waals surface area contributed by atoms with E-state index in [0.717, 1.165) is 50.0 Å². The number of aryl methyl sites for hydroxylation is 1. The second kappa shape index (κ2) is 8.54. The van der Waals surface area contributed by atoms with Crippen LogP contribution in [0.4, 0.5) is 0 Å². The summed E-state index contributed by atoms with van der Waals surface area (Å²) in [5.41, 5.74) is 2.62. The van der Waals surface area contributed by atoms with Gasteiger partial charge in [0, 0.05) is 40.4 Å². The number of para-hydroxylation sites is 2. The quantitative estimate of drug-likeness (QED) is 0.563. The first kappa shape index (κ1) is 18.7. The number of aliphatic imine (C=N–C) groups is 1. The van der Waals surface area contributed by atoms with Crippen LogP contribution >= 0.6 is 0 Å². The Balaban J connectivity index is 1.50. The lowest BCUT2D eigenvalue weighted by Gasteiger charge is -2.42. The van der Waals surface area contributed by atoms with Gasteiger partial charge in [-0.05, 0) is 43.7 Å². The van der Waals surface area contributed by atoms with Gasteiger partial charge < -0.3 is 19.9 Å². The number of nitrogens with one attached hydrogen (secondary N) is 2. The highest BCUT2D eigenvalue weighted by Gasteiger charge is 2.36. The molecule has 1 aliphatic rings. The summed E-state index contributed by atoms with van der Waals surface area (Å²) in [7, 11) is 3.61. The molecule has 6 nitrogen and oxygen atoms in total. The van der Waals surface area contributed by atoms with E-state index in [4.69, 9.17) is 4.74 Å². The number of aromatic nitrogens is 2. The molecule has 1 aromatic heterocycles. The maximum atomic E-state index is 5.28. The van der Waals surface area contributed by atoms with Crippen molar-refractivity contribution < 1.29 is 4.74 Å². The first-order valence-electron chi connectivity index (χ1n) is 9.53. The van der Waals surface area contributed by atoms with Gasteiger partial charge in [-0.25, -0.2) is 4.98 Å². The van der Waals surface area contributed by atoms with E-state index < -0.39 is 0 Å². The third-order valence-corrected chi connectivity index (χ3v) is 5.58. The molecule has 6 heteroatoms. The molecule has 26 heavy (non-hydrogen) atoms. The standard InChI is InChI=1S/C20H31N5O/c1-16-24-17-7-4-5-8-18(17)25(16)13-12-22-19(21-2)23-15-20(9-6-10-20)11-14-26-3/h4-5,7-8H,6,9-15H2,1-3H3,(H2,21,22,23). The van der Waals surface area contributed by atoms with Crippen molar-refractivity contribution in [2.45, 2.75) is 39.2 Å². The molecule has 0 aliphatic heterocycles. The van der Waals surface area contributed by atoms with Crippen LogP contribution in [0, 0.1) is 12.3 Å². The van der Waals surface area contributed by atoms with Gasteiger partial charge in [-0.1, -0.05) is 18.6 Å². The normalized spacial score (nSPS) is 16.5. The zero-order chi connectivity index (χ0) is 18.4. The lowest BCUT2D eigenvalue weighted by molar-refractivity contribution is 0.0732. The zero-order valence-electron chi connectivity index (χ0n) is 16.2. The van der Waals surface area contributed by atoms with E-state index in [2.05, 4.69) is 50.3 Å². The number of hydrogen-bond acceptors (Lipinski definition) is 3. The Labute approximate surface area is 156 Å². The maximum Gasteiger partial charge on any atom is 0.191 e. The average Bonchev–Trinajstić information content (AvgIpc) is 2.94. The Morgan fingerprint density at radius 1 is 1.31 bits per heavy atom. The van der Waals surface area contributed by atoms with E-state index in [1.165, 1.54) is 24.8 Å². The van der Waals surface area contributed by atoms with Gasteiger partial charge in [-0.3, -0.25) is 4.99 Å². The Kier molecular flexibility index (Phi) is 6.14. The number of hydrogen-bond donors (Lipinski definition) is 2. The van der Waals surface area contributed by atoms with Gasteiger partial charge in [0.25, 0.3) is 0 Å². The molecule has 1 aliphatic carbocycles. The molecule has 1 heterocycles. The van der Waals surface area contributed by atoms with Crippen LogP contribution < -0.4 is 10.6 Å². The maximum absolute atomic E-state index is 5.28. The highest BCUT2D eigenvalue weighted by molar-refractivity contribution is 5.79. The molecule has 0 unspecified atom stereocenters. The highest BCUT2D eigenvalue weighted by atomic mass is 16.5. The van der Waals surface area contributed by atoms with E-state index in [0.29, 0.717) is 5.41 Å². The third-order valence-electron chi connectivity index (χ3n) is 5.58. The van der Waals surface area contributed by atoms with Gasteiger partial charge in [-0.2, -0.15) is 0 Å². The van der Waals surface area contributed by atoms with Gasteiger partial charge >= 0.3 is 0 Å². The molecule has 3 rings (SSSR count). The minimum atomic E-state index is 0.380. The molecule has 0 radical (unpaired) electrons. The fourth-order valence-electron chi connectivity index (χ4n) is 3.77. The van der Waals surface area contributed by atoms with Crippen molar-refractivity contribution in [1.29, 1.82) is 0 Å². The van der Waals surface area contributed by atoms with Crippen LogP contribution in [0.2, 0.25) is 0 Å². The number of rotatable bonds is 8. The number of guanidine groups is 1. The van der Waals surface area contributed by atoms with Gasteiger partial charge in [0.05, 0.1) is 11.0 Å². The highest BCUT2D eigenvalue weighted by Crippen LogP contribution is 2.43. The average molecular weight is 358 g/mol. The molecule has 0 amide bonds. The molecule has 0 saturated heterocycles. The van der Waals surface area contributed by atoms with Crippen LogP contribution in [-0.2, 0) is 11.3 Å². The molecule has 2 aromatic rings. The lowest BCUT2D eigenvalue weighted by atomic mass is 9.67. The lowest BCUT2D eigenvalue weighted by Crippen LogP contribution is -2.47. The number of ether oxygens (including phenoxy) is 1. The Bertz CT molecular complexity index is 748. The number of methoxy groups -OCH3 is 1. The van der Waals surface area contributed by atoms with E-state index in [1.54, 1.807) is 7.11 Å². The van der Waals surface area contributed by atoms with Gasteiger partial charge in [0.2, 0.25) is 0 Å². The molecule has 1 aromatic carbocycles. The van der Waals surface area contributed by atoms with Crippen molar-refractivity contribution in [1.82, 2.24) is 20.2 Å². The number of nitrogens with zero attached hydrogens (tertiary/aromatic N) is 3. The van der Waals surface area contributed by atoms with Crippen molar-refractivity contribution in [3.8, 4) is 0 Å². The summed E-state index contributed by atoms with van der Waals surface area (Å²) >= 11 is 0. The van der Waals surface area contributed by atoms with Crippen LogP contribution in [0.15, 0.2) is 29.3 Å². The van der Waals surface area contributed by atoms with E-state index in [1.807, 2.05) is 13.1 Å². The molecule has 0 atom stereocenters. The summed E-state index contributed by atoms with van der Waals surface area (Å²) in [4.78, 5) is 9.00. The van der Waals surface area contributed by atoms with Crippen molar-refractivity contribution in [3.63, 3.8) is 0 Å². The molecular formula is C20H31N5O. The van der Waals surface area contributed by atoms with Crippen molar-refractivity contribution in [2.24, 2.45) is 10.4 Å². The minimum Gasteiger partial charge on any atom is -0.385 e. The smallest absolute Gasteiger partial charge is 0.191 e. The number of imidazole rings is 1. The topological polar surface area (TPSA) is 63.5 Å². The van der Waals surface area contributed by atoms with Gasteiger partial charge in [-0.15, -0.1) is 0 Å². The molecule has 142 valence electrons. The van der Waals surface area contributed by atoms with Gasteiger partial charge in [0.15, 0.2) is 5.96 Å². The fraction of sp³-hybridized carbons (Fsp3) is 0.600. The molecule has 0 bridgehead atoms. The zero-order valence-corrected chi connectivity index (χ0v) is 16.2. The van der Waals surface area contributed by atoms with Crippen molar-refractivity contribution in [3.05, 3.63) is 30.1 Å². The largest absolute Gasteiger partial charge is 0.385 e. The predicted octanol–water partition coefficient (Wildman–Crippen LogP) is 2.72. The molecule has 0 spiro atoms. The predicted molar refractivity (Wildman–Crippen MR) is 107 cm³/mol. The van der Waals surface area contributed by atoms with Gasteiger partial charge in [0.1, 0.15) is 5.82 Å².